The Morgan fingerprint density at radius 3 is 2.62 bits per heavy atom. The first kappa shape index (κ1) is 12.6. The van der Waals surface area contributed by atoms with Crippen LogP contribution in [0.1, 0.15) is 19.4 Å². The average molecular weight is 286 g/mol. The number of rotatable bonds is 2. The topological polar surface area (TPSA) is 61.8 Å². The molecule has 108 valence electrons. The summed E-state index contributed by atoms with van der Waals surface area (Å²) in [5.74, 6) is 0. The molecule has 0 saturated carbocycles. The lowest BCUT2D eigenvalue weighted by Gasteiger charge is -2.39. The number of furan rings is 1. The first-order valence-corrected chi connectivity index (χ1v) is 6.80. The largest absolute Gasteiger partial charge is 0.464 e. The highest BCUT2D eigenvalue weighted by molar-refractivity contribution is 5.98. The van der Waals surface area contributed by atoms with Crippen LogP contribution in [0.25, 0.3) is 21.9 Å². The molecule has 5 nitrogen and oxygen atoms in total. The molecule has 4 rings (SSSR count). The zero-order valence-electron chi connectivity index (χ0n) is 11.7. The predicted molar refractivity (Wildman–Crippen MR) is 76.1 cm³/mol. The SMILES string of the molecule is CC(C)(c1c2ccoc2cc2oc(=O)ccc12)C1COO1. The van der Waals surface area contributed by atoms with E-state index in [1.165, 1.54) is 6.07 Å². The van der Waals surface area contributed by atoms with E-state index >= 15 is 0 Å². The van der Waals surface area contributed by atoms with Crippen LogP contribution in [0.5, 0.6) is 0 Å². The minimum atomic E-state index is -0.375. The molecule has 1 saturated heterocycles. The van der Waals surface area contributed by atoms with Crippen LogP contribution in [-0.4, -0.2) is 12.7 Å². The zero-order chi connectivity index (χ0) is 14.6. The minimum Gasteiger partial charge on any atom is -0.464 e. The van der Waals surface area contributed by atoms with Crippen LogP contribution >= 0.6 is 0 Å². The molecule has 0 amide bonds. The third-order valence-corrected chi connectivity index (χ3v) is 4.21. The van der Waals surface area contributed by atoms with Crippen molar-refractivity contribution in [2.24, 2.45) is 0 Å². The number of hydrogen-bond acceptors (Lipinski definition) is 5. The van der Waals surface area contributed by atoms with Gasteiger partial charge in [-0.3, -0.25) is 0 Å². The minimum absolute atomic E-state index is 0.0480. The van der Waals surface area contributed by atoms with Gasteiger partial charge in [-0.05, 0) is 17.7 Å². The van der Waals surface area contributed by atoms with Gasteiger partial charge in [-0.2, -0.15) is 0 Å². The Hall–Kier alpha value is -2.11. The van der Waals surface area contributed by atoms with Crippen LogP contribution in [0.3, 0.4) is 0 Å². The zero-order valence-corrected chi connectivity index (χ0v) is 11.7. The number of hydrogen-bond donors (Lipinski definition) is 0. The lowest BCUT2D eigenvalue weighted by Crippen LogP contribution is -2.46. The first-order valence-electron chi connectivity index (χ1n) is 6.80. The van der Waals surface area contributed by atoms with Crippen molar-refractivity contribution in [3.05, 3.63) is 46.5 Å². The monoisotopic (exact) mass is 286 g/mol. The Morgan fingerprint density at radius 2 is 1.90 bits per heavy atom. The van der Waals surface area contributed by atoms with E-state index in [1.807, 2.05) is 6.07 Å². The fraction of sp³-hybridized carbons (Fsp3) is 0.312. The maximum absolute atomic E-state index is 11.5. The van der Waals surface area contributed by atoms with E-state index in [0.717, 1.165) is 16.3 Å². The van der Waals surface area contributed by atoms with Crippen LogP contribution in [0, 0.1) is 0 Å². The molecular formula is C16H14O5. The highest BCUT2D eigenvalue weighted by atomic mass is 17.2. The van der Waals surface area contributed by atoms with Crippen LogP contribution in [0.2, 0.25) is 0 Å². The fourth-order valence-electron chi connectivity index (χ4n) is 2.97. The summed E-state index contributed by atoms with van der Waals surface area (Å²) in [5, 5.41) is 1.89. The van der Waals surface area contributed by atoms with Gasteiger partial charge < -0.3 is 8.83 Å². The maximum Gasteiger partial charge on any atom is 0.336 e. The molecule has 3 aromatic rings. The maximum atomic E-state index is 11.5. The molecular weight excluding hydrogens is 272 g/mol. The third-order valence-electron chi connectivity index (χ3n) is 4.21. The van der Waals surface area contributed by atoms with E-state index in [9.17, 15) is 4.79 Å². The Morgan fingerprint density at radius 1 is 1.14 bits per heavy atom. The molecule has 0 spiro atoms. The second-order valence-corrected chi connectivity index (χ2v) is 5.84. The van der Waals surface area contributed by atoms with Gasteiger partial charge in [0.25, 0.3) is 0 Å². The van der Waals surface area contributed by atoms with Crippen LogP contribution in [0.15, 0.2) is 44.2 Å². The summed E-state index contributed by atoms with van der Waals surface area (Å²) in [4.78, 5) is 21.6. The quantitative estimate of drug-likeness (QED) is 0.535. The third kappa shape index (κ3) is 1.74. The molecule has 2 aromatic heterocycles. The van der Waals surface area contributed by atoms with Crippen molar-refractivity contribution in [3.63, 3.8) is 0 Å². The highest BCUT2D eigenvalue weighted by Gasteiger charge is 2.41. The summed E-state index contributed by atoms with van der Waals surface area (Å²) in [6, 6.07) is 6.91. The molecule has 0 aliphatic carbocycles. The second kappa shape index (κ2) is 4.19. The molecule has 3 heterocycles. The van der Waals surface area contributed by atoms with Gasteiger partial charge in [0.2, 0.25) is 0 Å². The molecule has 5 heteroatoms. The average Bonchev–Trinajstić information content (AvgIpc) is 2.79. The van der Waals surface area contributed by atoms with E-state index < -0.39 is 0 Å². The standard InChI is InChI=1S/C16H14O5/c1-16(2,13-8-19-21-13)15-9-3-4-14(17)20-12(9)7-11-10(15)5-6-18-11/h3-7,13H,8H2,1-2H3. The van der Waals surface area contributed by atoms with Crippen molar-refractivity contribution in [1.29, 1.82) is 0 Å². The Bertz CT molecular complexity index is 882. The molecule has 1 aliphatic rings. The van der Waals surface area contributed by atoms with E-state index in [1.54, 1.807) is 18.4 Å². The van der Waals surface area contributed by atoms with Gasteiger partial charge in [-0.15, -0.1) is 0 Å². The van der Waals surface area contributed by atoms with E-state index in [4.69, 9.17) is 18.6 Å². The lowest BCUT2D eigenvalue weighted by atomic mass is 9.76. The van der Waals surface area contributed by atoms with E-state index in [-0.39, 0.29) is 17.1 Å². The summed E-state index contributed by atoms with van der Waals surface area (Å²) in [5.41, 5.74) is 1.58. The Kier molecular flexibility index (Phi) is 2.52. The number of benzene rings is 1. The van der Waals surface area contributed by atoms with Gasteiger partial charge in [0.15, 0.2) is 0 Å². The fourth-order valence-corrected chi connectivity index (χ4v) is 2.97. The first-order chi connectivity index (χ1) is 10.1. The van der Waals surface area contributed by atoms with Gasteiger partial charge in [0.05, 0.1) is 6.26 Å². The van der Waals surface area contributed by atoms with Gasteiger partial charge in [-0.1, -0.05) is 13.8 Å². The normalized spacial score (nSPS) is 19.0. The molecule has 21 heavy (non-hydrogen) atoms. The van der Waals surface area contributed by atoms with Gasteiger partial charge in [0, 0.05) is 28.3 Å². The van der Waals surface area contributed by atoms with Crippen molar-refractivity contribution in [2.45, 2.75) is 25.4 Å². The highest BCUT2D eigenvalue weighted by Crippen LogP contribution is 2.41. The van der Waals surface area contributed by atoms with Crippen molar-refractivity contribution in [2.75, 3.05) is 6.61 Å². The van der Waals surface area contributed by atoms with Gasteiger partial charge in [0.1, 0.15) is 23.9 Å². The summed E-state index contributed by atoms with van der Waals surface area (Å²) in [6.45, 7) is 4.72. The van der Waals surface area contributed by atoms with E-state index in [0.29, 0.717) is 17.8 Å². The molecule has 0 N–H and O–H groups in total. The molecule has 0 radical (unpaired) electrons. The van der Waals surface area contributed by atoms with Crippen molar-refractivity contribution < 1.29 is 18.6 Å². The summed E-state index contributed by atoms with van der Waals surface area (Å²) in [6.07, 6.45) is 1.59. The molecule has 0 bridgehead atoms. The van der Waals surface area contributed by atoms with Crippen molar-refractivity contribution in [3.8, 4) is 0 Å². The van der Waals surface area contributed by atoms with E-state index in [2.05, 4.69) is 13.8 Å². The summed E-state index contributed by atoms with van der Waals surface area (Å²) >= 11 is 0. The summed E-state index contributed by atoms with van der Waals surface area (Å²) < 4.78 is 10.8. The summed E-state index contributed by atoms with van der Waals surface area (Å²) in [7, 11) is 0. The molecule has 1 unspecified atom stereocenters. The molecule has 1 fully saturated rings. The predicted octanol–water partition coefficient (Wildman–Crippen LogP) is 3.15. The lowest BCUT2D eigenvalue weighted by molar-refractivity contribution is -0.436. The van der Waals surface area contributed by atoms with Crippen molar-refractivity contribution >= 4 is 21.9 Å². The Labute approximate surface area is 120 Å². The van der Waals surface area contributed by atoms with Crippen LogP contribution < -0.4 is 5.63 Å². The second-order valence-electron chi connectivity index (χ2n) is 5.84. The van der Waals surface area contributed by atoms with Gasteiger partial charge >= 0.3 is 5.63 Å². The Balaban J connectivity index is 2.11. The smallest absolute Gasteiger partial charge is 0.336 e. The van der Waals surface area contributed by atoms with Crippen LogP contribution in [0.4, 0.5) is 0 Å². The van der Waals surface area contributed by atoms with Crippen molar-refractivity contribution in [1.82, 2.24) is 0 Å². The number of fused-ring (bicyclic) bond motifs is 2. The van der Waals surface area contributed by atoms with Crippen LogP contribution in [-0.2, 0) is 15.2 Å². The molecule has 1 aliphatic heterocycles. The molecule has 1 aromatic carbocycles. The van der Waals surface area contributed by atoms with Gasteiger partial charge in [-0.25, -0.2) is 14.6 Å². The molecule has 1 atom stereocenters.